The predicted molar refractivity (Wildman–Crippen MR) is 81.9 cm³/mol. The monoisotopic (exact) mass is 295 g/mol. The maximum Gasteiger partial charge on any atom is 0.307 e. The molecule has 0 spiro atoms. The van der Waals surface area contributed by atoms with E-state index in [1.165, 1.54) is 38.5 Å². The molecule has 4 heteroatoms. The van der Waals surface area contributed by atoms with Crippen molar-refractivity contribution in [3.05, 3.63) is 0 Å². The lowest BCUT2D eigenvalue weighted by atomic mass is 9.78. The zero-order valence-corrected chi connectivity index (χ0v) is 13.1. The SMILES string of the molecule is C[C@H](NC(=O)C1CCCCC1C(=O)O)C1CCCCCC1. The molecule has 21 heavy (non-hydrogen) atoms. The first-order valence-corrected chi connectivity index (χ1v) is 8.62. The molecule has 0 aromatic heterocycles. The molecule has 0 radical (unpaired) electrons. The molecule has 120 valence electrons. The molecule has 2 N–H and O–H groups in total. The fraction of sp³-hybridized carbons (Fsp3) is 0.882. The molecule has 4 nitrogen and oxygen atoms in total. The van der Waals surface area contributed by atoms with Crippen LogP contribution in [0.5, 0.6) is 0 Å². The lowest BCUT2D eigenvalue weighted by Gasteiger charge is -2.30. The Morgan fingerprint density at radius 3 is 2.00 bits per heavy atom. The molecule has 0 aromatic rings. The van der Waals surface area contributed by atoms with E-state index in [9.17, 15) is 14.7 Å². The number of carbonyl (C=O) groups excluding carboxylic acids is 1. The minimum atomic E-state index is -0.808. The van der Waals surface area contributed by atoms with Crippen LogP contribution in [0.4, 0.5) is 0 Å². The fourth-order valence-corrected chi connectivity index (χ4v) is 4.00. The summed E-state index contributed by atoms with van der Waals surface area (Å²) in [6.45, 7) is 2.09. The molecule has 3 atom stereocenters. The molecule has 2 aliphatic carbocycles. The molecule has 2 unspecified atom stereocenters. The lowest BCUT2D eigenvalue weighted by Crippen LogP contribution is -2.45. The second-order valence-electron chi connectivity index (χ2n) is 6.88. The van der Waals surface area contributed by atoms with Crippen LogP contribution in [-0.2, 0) is 9.59 Å². The molecule has 0 aliphatic heterocycles. The van der Waals surface area contributed by atoms with Gasteiger partial charge in [-0.3, -0.25) is 9.59 Å². The number of hydrogen-bond donors (Lipinski definition) is 2. The van der Waals surface area contributed by atoms with E-state index in [-0.39, 0.29) is 17.9 Å². The van der Waals surface area contributed by atoms with Crippen molar-refractivity contribution in [2.45, 2.75) is 77.2 Å². The summed E-state index contributed by atoms with van der Waals surface area (Å²) < 4.78 is 0. The summed E-state index contributed by atoms with van der Waals surface area (Å²) in [6, 6.07) is 0.173. The van der Waals surface area contributed by atoms with Gasteiger partial charge in [0.05, 0.1) is 11.8 Å². The average Bonchev–Trinajstić information content (AvgIpc) is 2.76. The van der Waals surface area contributed by atoms with Gasteiger partial charge >= 0.3 is 5.97 Å². The Labute approximate surface area is 127 Å². The van der Waals surface area contributed by atoms with E-state index in [2.05, 4.69) is 12.2 Å². The van der Waals surface area contributed by atoms with E-state index >= 15 is 0 Å². The molecule has 2 rings (SSSR count). The van der Waals surface area contributed by atoms with Gasteiger partial charge in [0.1, 0.15) is 0 Å². The third-order valence-electron chi connectivity index (χ3n) is 5.40. The number of carboxylic acid groups (broad SMARTS) is 1. The first-order chi connectivity index (χ1) is 10.1. The first-order valence-electron chi connectivity index (χ1n) is 8.62. The van der Waals surface area contributed by atoms with Crippen LogP contribution in [0.2, 0.25) is 0 Å². The van der Waals surface area contributed by atoms with E-state index in [4.69, 9.17) is 0 Å². The highest BCUT2D eigenvalue weighted by molar-refractivity contribution is 5.85. The number of carboxylic acids is 1. The van der Waals surface area contributed by atoms with Crippen LogP contribution in [0.15, 0.2) is 0 Å². The van der Waals surface area contributed by atoms with Gasteiger partial charge in [0.15, 0.2) is 0 Å². The highest BCUT2D eigenvalue weighted by atomic mass is 16.4. The summed E-state index contributed by atoms with van der Waals surface area (Å²) >= 11 is 0. The van der Waals surface area contributed by atoms with Gasteiger partial charge < -0.3 is 10.4 Å². The van der Waals surface area contributed by atoms with E-state index in [0.29, 0.717) is 12.3 Å². The van der Waals surface area contributed by atoms with Crippen molar-refractivity contribution >= 4 is 11.9 Å². The van der Waals surface area contributed by atoms with Crippen molar-refractivity contribution in [2.75, 3.05) is 0 Å². The minimum Gasteiger partial charge on any atom is -0.481 e. The zero-order valence-electron chi connectivity index (χ0n) is 13.1. The summed E-state index contributed by atoms with van der Waals surface area (Å²) in [4.78, 5) is 23.8. The normalized spacial score (nSPS) is 29.4. The Morgan fingerprint density at radius 2 is 1.43 bits per heavy atom. The molecular weight excluding hydrogens is 266 g/mol. The van der Waals surface area contributed by atoms with Gasteiger partial charge in [-0.05, 0) is 38.5 Å². The molecule has 2 fully saturated rings. The molecule has 0 bridgehead atoms. The largest absolute Gasteiger partial charge is 0.481 e. The summed E-state index contributed by atoms with van der Waals surface area (Å²) in [5.74, 6) is -1.09. The van der Waals surface area contributed by atoms with E-state index in [0.717, 1.165) is 19.3 Å². The van der Waals surface area contributed by atoms with Crippen LogP contribution >= 0.6 is 0 Å². The van der Waals surface area contributed by atoms with Crippen LogP contribution in [0.25, 0.3) is 0 Å². The quantitative estimate of drug-likeness (QED) is 0.782. The van der Waals surface area contributed by atoms with Crippen LogP contribution in [-0.4, -0.2) is 23.0 Å². The summed E-state index contributed by atoms with van der Waals surface area (Å²) in [7, 11) is 0. The van der Waals surface area contributed by atoms with E-state index < -0.39 is 11.9 Å². The molecule has 2 aliphatic rings. The van der Waals surface area contributed by atoms with Crippen molar-refractivity contribution < 1.29 is 14.7 Å². The van der Waals surface area contributed by atoms with Crippen molar-refractivity contribution in [3.63, 3.8) is 0 Å². The molecule has 0 saturated heterocycles. The van der Waals surface area contributed by atoms with Gasteiger partial charge in [-0.25, -0.2) is 0 Å². The highest BCUT2D eigenvalue weighted by Gasteiger charge is 2.36. The Morgan fingerprint density at radius 1 is 0.905 bits per heavy atom. The number of amides is 1. The van der Waals surface area contributed by atoms with Crippen LogP contribution < -0.4 is 5.32 Å². The Bertz CT molecular complexity index is 361. The summed E-state index contributed by atoms with van der Waals surface area (Å²) in [5.41, 5.74) is 0. The van der Waals surface area contributed by atoms with Crippen LogP contribution in [0, 0.1) is 17.8 Å². The summed E-state index contributed by atoms with van der Waals surface area (Å²) in [5, 5.41) is 12.4. The standard InChI is InChI=1S/C17H29NO3/c1-12(13-8-4-2-3-5-9-13)18-16(19)14-10-6-7-11-15(14)17(20)21/h12-15H,2-11H2,1H3,(H,18,19)(H,20,21)/t12-,14?,15?/m0/s1. The number of aliphatic carboxylic acids is 1. The van der Waals surface area contributed by atoms with Crippen molar-refractivity contribution in [3.8, 4) is 0 Å². The third-order valence-corrected chi connectivity index (χ3v) is 5.40. The topological polar surface area (TPSA) is 66.4 Å². The van der Waals surface area contributed by atoms with Gasteiger partial charge in [0.2, 0.25) is 5.91 Å². The van der Waals surface area contributed by atoms with Gasteiger partial charge in [0, 0.05) is 6.04 Å². The Hall–Kier alpha value is -1.06. The van der Waals surface area contributed by atoms with Gasteiger partial charge in [-0.2, -0.15) is 0 Å². The van der Waals surface area contributed by atoms with Crippen molar-refractivity contribution in [2.24, 2.45) is 17.8 Å². The number of rotatable bonds is 4. The molecule has 1 amide bonds. The number of hydrogen-bond acceptors (Lipinski definition) is 2. The second kappa shape index (κ2) is 7.81. The third kappa shape index (κ3) is 4.45. The minimum absolute atomic E-state index is 0.0288. The average molecular weight is 295 g/mol. The Kier molecular flexibility index (Phi) is 6.07. The number of nitrogens with one attached hydrogen (secondary N) is 1. The lowest BCUT2D eigenvalue weighted by molar-refractivity contribution is -0.149. The fourth-order valence-electron chi connectivity index (χ4n) is 4.00. The second-order valence-corrected chi connectivity index (χ2v) is 6.88. The van der Waals surface area contributed by atoms with Crippen LogP contribution in [0.1, 0.15) is 71.1 Å². The first kappa shape index (κ1) is 16.3. The molecule has 2 saturated carbocycles. The van der Waals surface area contributed by atoms with Gasteiger partial charge in [0.25, 0.3) is 0 Å². The van der Waals surface area contributed by atoms with Crippen molar-refractivity contribution in [1.29, 1.82) is 0 Å². The van der Waals surface area contributed by atoms with E-state index in [1.807, 2.05) is 0 Å². The van der Waals surface area contributed by atoms with Gasteiger partial charge in [-0.1, -0.05) is 38.5 Å². The maximum absolute atomic E-state index is 12.5. The number of carbonyl (C=O) groups is 2. The summed E-state index contributed by atoms with van der Waals surface area (Å²) in [6.07, 6.45) is 10.8. The maximum atomic E-state index is 12.5. The van der Waals surface area contributed by atoms with Crippen LogP contribution in [0.3, 0.4) is 0 Å². The highest BCUT2D eigenvalue weighted by Crippen LogP contribution is 2.31. The zero-order chi connectivity index (χ0) is 15.2. The van der Waals surface area contributed by atoms with Crippen molar-refractivity contribution in [1.82, 2.24) is 5.32 Å². The molecule has 0 aromatic carbocycles. The van der Waals surface area contributed by atoms with E-state index in [1.54, 1.807) is 0 Å². The smallest absolute Gasteiger partial charge is 0.307 e. The molecular formula is C17H29NO3. The molecule has 0 heterocycles. The van der Waals surface area contributed by atoms with Gasteiger partial charge in [-0.15, -0.1) is 0 Å². The Balaban J connectivity index is 1.90. The predicted octanol–water partition coefficient (Wildman–Crippen LogP) is 3.35.